The SMILES string of the molecule is Cc1nc2ccc(-n3cc(-c4cncs4)nn3)cc2s1. The first-order valence-corrected chi connectivity index (χ1v) is 7.68. The van der Waals surface area contributed by atoms with E-state index in [4.69, 9.17) is 0 Å². The van der Waals surface area contributed by atoms with Gasteiger partial charge in [0.1, 0.15) is 5.69 Å². The fraction of sp³-hybridized carbons (Fsp3) is 0.0769. The molecule has 0 atom stereocenters. The molecule has 20 heavy (non-hydrogen) atoms. The highest BCUT2D eigenvalue weighted by molar-refractivity contribution is 7.18. The summed E-state index contributed by atoms with van der Waals surface area (Å²) in [6.45, 7) is 2.02. The van der Waals surface area contributed by atoms with Crippen molar-refractivity contribution in [2.75, 3.05) is 0 Å². The summed E-state index contributed by atoms with van der Waals surface area (Å²) in [4.78, 5) is 9.54. The zero-order valence-corrected chi connectivity index (χ0v) is 12.1. The van der Waals surface area contributed by atoms with Crippen LogP contribution in [0.15, 0.2) is 36.1 Å². The van der Waals surface area contributed by atoms with Gasteiger partial charge in [-0.2, -0.15) is 0 Å². The minimum absolute atomic E-state index is 0.841. The average molecular weight is 299 g/mol. The van der Waals surface area contributed by atoms with Crippen molar-refractivity contribution in [1.82, 2.24) is 25.0 Å². The van der Waals surface area contributed by atoms with Crippen molar-refractivity contribution >= 4 is 32.9 Å². The molecule has 0 saturated carbocycles. The summed E-state index contributed by atoms with van der Waals surface area (Å²) in [6, 6.07) is 6.11. The van der Waals surface area contributed by atoms with Crippen LogP contribution in [0, 0.1) is 6.92 Å². The monoisotopic (exact) mass is 299 g/mol. The Morgan fingerprint density at radius 2 is 2.20 bits per heavy atom. The Morgan fingerprint density at radius 1 is 1.25 bits per heavy atom. The van der Waals surface area contributed by atoms with Crippen LogP contribution < -0.4 is 0 Å². The van der Waals surface area contributed by atoms with E-state index in [9.17, 15) is 0 Å². The summed E-state index contributed by atoms with van der Waals surface area (Å²) in [5.74, 6) is 0. The summed E-state index contributed by atoms with van der Waals surface area (Å²) >= 11 is 3.24. The van der Waals surface area contributed by atoms with E-state index >= 15 is 0 Å². The largest absolute Gasteiger partial charge is 0.252 e. The van der Waals surface area contributed by atoms with Crippen molar-refractivity contribution < 1.29 is 0 Å². The van der Waals surface area contributed by atoms with Crippen LogP contribution in [-0.2, 0) is 0 Å². The maximum atomic E-state index is 4.46. The summed E-state index contributed by atoms with van der Waals surface area (Å²) in [5, 5.41) is 9.45. The van der Waals surface area contributed by atoms with Gasteiger partial charge in [-0.25, -0.2) is 9.67 Å². The summed E-state index contributed by atoms with van der Waals surface area (Å²) in [7, 11) is 0. The number of benzene rings is 1. The van der Waals surface area contributed by atoms with Crippen molar-refractivity contribution in [3.8, 4) is 16.3 Å². The zero-order valence-electron chi connectivity index (χ0n) is 10.5. The second-order valence-electron chi connectivity index (χ2n) is 4.30. The molecule has 0 aliphatic heterocycles. The normalized spacial score (nSPS) is 11.2. The van der Waals surface area contributed by atoms with Gasteiger partial charge < -0.3 is 0 Å². The third-order valence-electron chi connectivity index (χ3n) is 2.92. The summed E-state index contributed by atoms with van der Waals surface area (Å²) in [6.07, 6.45) is 3.72. The lowest BCUT2D eigenvalue weighted by Gasteiger charge is -1.98. The molecule has 4 rings (SSSR count). The third-order valence-corrected chi connectivity index (χ3v) is 4.65. The fourth-order valence-corrected chi connectivity index (χ4v) is 3.45. The minimum Gasteiger partial charge on any atom is -0.252 e. The van der Waals surface area contributed by atoms with E-state index in [1.807, 2.05) is 25.3 Å². The smallest absolute Gasteiger partial charge is 0.125 e. The molecule has 0 N–H and O–H groups in total. The van der Waals surface area contributed by atoms with Crippen LogP contribution >= 0.6 is 22.7 Å². The van der Waals surface area contributed by atoms with Crippen LogP contribution in [-0.4, -0.2) is 25.0 Å². The van der Waals surface area contributed by atoms with Crippen molar-refractivity contribution in [1.29, 1.82) is 0 Å². The quantitative estimate of drug-likeness (QED) is 0.570. The van der Waals surface area contributed by atoms with Crippen molar-refractivity contribution in [2.24, 2.45) is 0 Å². The molecule has 3 aromatic heterocycles. The molecule has 98 valence electrons. The molecule has 3 heterocycles. The maximum absolute atomic E-state index is 4.46. The van der Waals surface area contributed by atoms with Gasteiger partial charge in [0.2, 0.25) is 0 Å². The number of nitrogens with zero attached hydrogens (tertiary/aromatic N) is 5. The molecule has 1 aromatic carbocycles. The highest BCUT2D eigenvalue weighted by atomic mass is 32.1. The predicted octanol–water partition coefficient (Wildman–Crippen LogP) is 3.31. The molecule has 5 nitrogen and oxygen atoms in total. The van der Waals surface area contributed by atoms with Crippen LogP contribution in [0.3, 0.4) is 0 Å². The lowest BCUT2D eigenvalue weighted by atomic mass is 10.3. The molecule has 0 amide bonds. The van der Waals surface area contributed by atoms with E-state index in [1.165, 1.54) is 0 Å². The molecule has 4 aromatic rings. The van der Waals surface area contributed by atoms with E-state index in [1.54, 1.807) is 39.1 Å². The number of aromatic nitrogens is 5. The van der Waals surface area contributed by atoms with Crippen LogP contribution in [0.2, 0.25) is 0 Å². The number of aryl methyl sites for hydroxylation is 1. The molecule has 7 heteroatoms. The van der Waals surface area contributed by atoms with Crippen LogP contribution in [0.25, 0.3) is 26.5 Å². The van der Waals surface area contributed by atoms with E-state index < -0.39 is 0 Å². The van der Waals surface area contributed by atoms with Gasteiger partial charge in [-0.1, -0.05) is 5.21 Å². The molecule has 0 fully saturated rings. The van der Waals surface area contributed by atoms with Crippen molar-refractivity contribution in [3.05, 3.63) is 41.1 Å². The van der Waals surface area contributed by atoms with Gasteiger partial charge in [-0.05, 0) is 25.1 Å². The molecule has 0 aliphatic rings. The number of hydrogen-bond donors (Lipinski definition) is 0. The Hall–Kier alpha value is -2.12. The Labute approximate surface area is 122 Å². The van der Waals surface area contributed by atoms with Gasteiger partial charge in [0.05, 0.1) is 37.5 Å². The fourth-order valence-electron chi connectivity index (χ4n) is 2.02. The lowest BCUT2D eigenvalue weighted by Crippen LogP contribution is -1.93. The van der Waals surface area contributed by atoms with Gasteiger partial charge in [0.25, 0.3) is 0 Å². The van der Waals surface area contributed by atoms with Crippen molar-refractivity contribution in [2.45, 2.75) is 6.92 Å². The van der Waals surface area contributed by atoms with Gasteiger partial charge in [0, 0.05) is 6.20 Å². The standard InChI is InChI=1S/C13H9N5S2/c1-8-15-10-3-2-9(4-12(10)20-8)18-6-11(16-17-18)13-5-14-7-19-13/h2-7H,1H3. The van der Waals surface area contributed by atoms with Crippen LogP contribution in [0.4, 0.5) is 0 Å². The molecule has 0 unspecified atom stereocenters. The topological polar surface area (TPSA) is 56.5 Å². The summed E-state index contributed by atoms with van der Waals surface area (Å²) < 4.78 is 2.94. The Balaban J connectivity index is 1.78. The maximum Gasteiger partial charge on any atom is 0.125 e. The molecule has 0 radical (unpaired) electrons. The second kappa shape index (κ2) is 4.46. The molecule has 0 spiro atoms. The van der Waals surface area contributed by atoms with Crippen LogP contribution in [0.5, 0.6) is 0 Å². The van der Waals surface area contributed by atoms with Gasteiger partial charge in [0.15, 0.2) is 0 Å². The molecule has 0 saturated heterocycles. The molecule has 0 bridgehead atoms. The van der Waals surface area contributed by atoms with Gasteiger partial charge in [-0.15, -0.1) is 27.8 Å². The third kappa shape index (κ3) is 1.91. The zero-order chi connectivity index (χ0) is 13.5. The first kappa shape index (κ1) is 11.7. The molecule has 0 aliphatic carbocycles. The van der Waals surface area contributed by atoms with Gasteiger partial charge in [-0.3, -0.25) is 4.98 Å². The first-order valence-electron chi connectivity index (χ1n) is 5.98. The van der Waals surface area contributed by atoms with Crippen molar-refractivity contribution in [3.63, 3.8) is 0 Å². The molecular weight excluding hydrogens is 290 g/mol. The summed E-state index contributed by atoms with van der Waals surface area (Å²) in [5.41, 5.74) is 4.65. The average Bonchev–Trinajstić information content (AvgIpc) is 3.17. The number of fused-ring (bicyclic) bond motifs is 1. The molecular formula is C13H9N5S2. The Bertz CT molecular complexity index is 875. The Morgan fingerprint density at radius 3 is 3.05 bits per heavy atom. The second-order valence-corrected chi connectivity index (χ2v) is 6.42. The predicted molar refractivity (Wildman–Crippen MR) is 80.4 cm³/mol. The van der Waals surface area contributed by atoms with E-state index in [-0.39, 0.29) is 0 Å². The lowest BCUT2D eigenvalue weighted by molar-refractivity contribution is 0.805. The van der Waals surface area contributed by atoms with E-state index in [0.717, 1.165) is 31.5 Å². The number of hydrogen-bond acceptors (Lipinski definition) is 6. The number of thiazole rings is 2. The van der Waals surface area contributed by atoms with E-state index in [2.05, 4.69) is 26.3 Å². The van der Waals surface area contributed by atoms with Crippen LogP contribution in [0.1, 0.15) is 5.01 Å². The van der Waals surface area contributed by atoms with E-state index in [0.29, 0.717) is 0 Å². The highest BCUT2D eigenvalue weighted by Crippen LogP contribution is 2.25. The Kier molecular flexibility index (Phi) is 2.61. The highest BCUT2D eigenvalue weighted by Gasteiger charge is 2.08. The first-order chi connectivity index (χ1) is 9.79. The number of rotatable bonds is 2. The van der Waals surface area contributed by atoms with Gasteiger partial charge >= 0.3 is 0 Å². The minimum atomic E-state index is 0.841.